The first kappa shape index (κ1) is 21.6. The molecule has 0 aromatic heterocycles. The second-order valence-electron chi connectivity index (χ2n) is 8.63. The van der Waals surface area contributed by atoms with Gasteiger partial charge >= 0.3 is 0 Å². The standard InChI is InChI=1S/C25H31ClO4/c1-2-29-22-7-3-17(4-8-22)13-19-14-18(5-9-23(19)26)24-10-6-20-11-12-25(20,30-24)15-21(28)16-27/h3-5,7-9,14,20-21,24,27-28H,2,6,10-13,15-16H2,1H3. The molecular formula is C25H31ClO4. The number of hydrogen-bond acceptors (Lipinski definition) is 4. The molecule has 4 nitrogen and oxygen atoms in total. The zero-order valence-electron chi connectivity index (χ0n) is 17.5. The van der Waals surface area contributed by atoms with Gasteiger partial charge in [0.05, 0.1) is 31.0 Å². The van der Waals surface area contributed by atoms with Crippen LogP contribution in [0.4, 0.5) is 0 Å². The minimum atomic E-state index is -0.716. The van der Waals surface area contributed by atoms with Crippen LogP contribution in [0.15, 0.2) is 42.5 Å². The number of hydrogen-bond donors (Lipinski definition) is 2. The van der Waals surface area contributed by atoms with Crippen molar-refractivity contribution in [3.63, 3.8) is 0 Å². The van der Waals surface area contributed by atoms with Crippen molar-refractivity contribution in [2.75, 3.05) is 13.2 Å². The maximum Gasteiger partial charge on any atom is 0.119 e. The third-order valence-corrected chi connectivity index (χ3v) is 7.05. The van der Waals surface area contributed by atoms with Crippen LogP contribution in [0.25, 0.3) is 0 Å². The summed E-state index contributed by atoms with van der Waals surface area (Å²) >= 11 is 6.52. The molecule has 4 unspecified atom stereocenters. The number of benzene rings is 2. The van der Waals surface area contributed by atoms with Gasteiger partial charge in [0.25, 0.3) is 0 Å². The topological polar surface area (TPSA) is 58.9 Å². The van der Waals surface area contributed by atoms with Crippen LogP contribution in [0.5, 0.6) is 5.75 Å². The van der Waals surface area contributed by atoms with Gasteiger partial charge in [0.2, 0.25) is 0 Å². The highest BCUT2D eigenvalue weighted by Gasteiger charge is 2.52. The molecule has 0 radical (unpaired) electrons. The van der Waals surface area contributed by atoms with E-state index in [9.17, 15) is 10.2 Å². The summed E-state index contributed by atoms with van der Waals surface area (Å²) in [4.78, 5) is 0. The summed E-state index contributed by atoms with van der Waals surface area (Å²) in [7, 11) is 0. The average Bonchev–Trinajstić information content (AvgIpc) is 2.74. The Morgan fingerprint density at radius 3 is 2.63 bits per heavy atom. The summed E-state index contributed by atoms with van der Waals surface area (Å²) in [6.45, 7) is 2.43. The van der Waals surface area contributed by atoms with Crippen LogP contribution in [-0.4, -0.2) is 35.1 Å². The van der Waals surface area contributed by atoms with Gasteiger partial charge in [0, 0.05) is 11.4 Å². The van der Waals surface area contributed by atoms with Crippen LogP contribution in [-0.2, 0) is 11.2 Å². The first-order valence-electron chi connectivity index (χ1n) is 11.0. The zero-order chi connectivity index (χ0) is 21.1. The minimum absolute atomic E-state index is 0.00351. The van der Waals surface area contributed by atoms with Crippen molar-refractivity contribution in [3.8, 4) is 5.75 Å². The lowest BCUT2D eigenvalue weighted by atomic mass is 9.62. The molecule has 1 aliphatic carbocycles. The molecule has 162 valence electrons. The molecule has 0 bridgehead atoms. The van der Waals surface area contributed by atoms with Crippen LogP contribution in [0.3, 0.4) is 0 Å². The Labute approximate surface area is 183 Å². The SMILES string of the molecule is CCOc1ccc(Cc2cc(C3CCC4CCC4(CC(O)CO)O3)ccc2Cl)cc1. The van der Waals surface area contributed by atoms with E-state index in [1.54, 1.807) is 0 Å². The molecule has 2 aliphatic rings. The van der Waals surface area contributed by atoms with Gasteiger partial charge in [0.15, 0.2) is 0 Å². The van der Waals surface area contributed by atoms with Crippen molar-refractivity contribution in [1.82, 2.24) is 0 Å². The van der Waals surface area contributed by atoms with Crippen LogP contribution < -0.4 is 4.74 Å². The molecule has 30 heavy (non-hydrogen) atoms. The summed E-state index contributed by atoms with van der Waals surface area (Å²) in [5, 5.41) is 20.1. The van der Waals surface area contributed by atoms with E-state index in [1.165, 1.54) is 5.56 Å². The smallest absolute Gasteiger partial charge is 0.119 e. The Morgan fingerprint density at radius 1 is 1.17 bits per heavy atom. The van der Waals surface area contributed by atoms with Gasteiger partial charge in [-0.1, -0.05) is 35.9 Å². The average molecular weight is 431 g/mol. The van der Waals surface area contributed by atoms with E-state index >= 15 is 0 Å². The Balaban J connectivity index is 1.50. The van der Waals surface area contributed by atoms with Gasteiger partial charge in [-0.3, -0.25) is 0 Å². The summed E-state index contributed by atoms with van der Waals surface area (Å²) in [5.74, 6) is 1.37. The first-order chi connectivity index (χ1) is 14.5. The highest BCUT2D eigenvalue weighted by atomic mass is 35.5. The predicted octanol–water partition coefficient (Wildman–Crippen LogP) is 5.07. The lowest BCUT2D eigenvalue weighted by Gasteiger charge is -2.55. The quantitative estimate of drug-likeness (QED) is 0.613. The first-order valence-corrected chi connectivity index (χ1v) is 11.4. The molecular weight excluding hydrogens is 400 g/mol. The number of halogens is 1. The van der Waals surface area contributed by atoms with Crippen molar-refractivity contribution in [3.05, 3.63) is 64.2 Å². The molecule has 0 spiro atoms. The van der Waals surface area contributed by atoms with Gasteiger partial charge in [0.1, 0.15) is 5.75 Å². The molecule has 0 amide bonds. The molecule has 5 heteroatoms. The second kappa shape index (κ2) is 9.27. The van der Waals surface area contributed by atoms with Crippen molar-refractivity contribution in [1.29, 1.82) is 0 Å². The van der Waals surface area contributed by atoms with E-state index in [0.717, 1.165) is 54.0 Å². The third kappa shape index (κ3) is 4.52. The Morgan fingerprint density at radius 2 is 1.97 bits per heavy atom. The molecule has 4 rings (SSSR count). The van der Waals surface area contributed by atoms with Crippen LogP contribution in [0.2, 0.25) is 5.02 Å². The van der Waals surface area contributed by atoms with Gasteiger partial charge in [-0.15, -0.1) is 0 Å². The van der Waals surface area contributed by atoms with Crippen LogP contribution in [0.1, 0.15) is 61.8 Å². The van der Waals surface area contributed by atoms with E-state index in [-0.39, 0.29) is 18.3 Å². The fourth-order valence-corrected chi connectivity index (χ4v) is 5.15. The number of aliphatic hydroxyl groups excluding tert-OH is 2. The minimum Gasteiger partial charge on any atom is -0.494 e. The van der Waals surface area contributed by atoms with Crippen LogP contribution >= 0.6 is 11.6 Å². The van der Waals surface area contributed by atoms with Gasteiger partial charge in [-0.05, 0) is 79.8 Å². The maximum absolute atomic E-state index is 10.0. The summed E-state index contributed by atoms with van der Waals surface area (Å²) < 4.78 is 12.1. The fraction of sp³-hybridized carbons (Fsp3) is 0.520. The number of rotatable bonds is 8. The molecule has 2 fully saturated rings. The molecule has 1 heterocycles. The number of aliphatic hydroxyl groups is 2. The summed E-state index contributed by atoms with van der Waals surface area (Å²) in [6.07, 6.45) is 4.73. The third-order valence-electron chi connectivity index (χ3n) is 6.68. The molecule has 1 aliphatic heterocycles. The summed E-state index contributed by atoms with van der Waals surface area (Å²) in [6, 6.07) is 14.3. The van der Waals surface area contributed by atoms with Gasteiger partial charge < -0.3 is 19.7 Å². The van der Waals surface area contributed by atoms with E-state index in [0.29, 0.717) is 18.9 Å². The lowest BCUT2D eigenvalue weighted by Crippen LogP contribution is -2.54. The van der Waals surface area contributed by atoms with E-state index < -0.39 is 6.10 Å². The van der Waals surface area contributed by atoms with E-state index in [4.69, 9.17) is 21.1 Å². The molecule has 1 saturated heterocycles. The van der Waals surface area contributed by atoms with Crippen molar-refractivity contribution < 1.29 is 19.7 Å². The second-order valence-corrected chi connectivity index (χ2v) is 9.04. The predicted molar refractivity (Wildman–Crippen MR) is 118 cm³/mol. The normalized spacial score (nSPS) is 26.5. The zero-order valence-corrected chi connectivity index (χ0v) is 18.3. The molecule has 1 saturated carbocycles. The van der Waals surface area contributed by atoms with Crippen molar-refractivity contribution in [2.24, 2.45) is 5.92 Å². The highest BCUT2D eigenvalue weighted by Crippen LogP contribution is 2.54. The monoisotopic (exact) mass is 430 g/mol. The lowest BCUT2D eigenvalue weighted by molar-refractivity contribution is -0.228. The van der Waals surface area contributed by atoms with E-state index in [1.807, 2.05) is 25.1 Å². The molecule has 4 atom stereocenters. The Bertz CT molecular complexity index is 853. The summed E-state index contributed by atoms with van der Waals surface area (Å²) in [5.41, 5.74) is 3.12. The van der Waals surface area contributed by atoms with Gasteiger partial charge in [-0.25, -0.2) is 0 Å². The van der Waals surface area contributed by atoms with Gasteiger partial charge in [-0.2, -0.15) is 0 Å². The van der Waals surface area contributed by atoms with Crippen molar-refractivity contribution >= 4 is 11.6 Å². The maximum atomic E-state index is 10.0. The van der Waals surface area contributed by atoms with Crippen LogP contribution in [0, 0.1) is 5.92 Å². The molecule has 2 aromatic carbocycles. The van der Waals surface area contributed by atoms with E-state index in [2.05, 4.69) is 24.3 Å². The Hall–Kier alpha value is -1.59. The largest absolute Gasteiger partial charge is 0.494 e. The number of ether oxygens (including phenoxy) is 2. The molecule has 2 N–H and O–H groups in total. The fourth-order valence-electron chi connectivity index (χ4n) is 4.96. The Kier molecular flexibility index (Phi) is 6.69. The highest BCUT2D eigenvalue weighted by molar-refractivity contribution is 6.31. The van der Waals surface area contributed by atoms with Crippen molar-refractivity contribution in [2.45, 2.75) is 63.3 Å². The molecule has 2 aromatic rings. The number of fused-ring (bicyclic) bond motifs is 1.